The van der Waals surface area contributed by atoms with Crippen molar-refractivity contribution in [2.75, 3.05) is 0 Å². The summed E-state index contributed by atoms with van der Waals surface area (Å²) in [6.07, 6.45) is 2.64. The summed E-state index contributed by atoms with van der Waals surface area (Å²) >= 11 is 0. The molecule has 158 valence electrons. The summed E-state index contributed by atoms with van der Waals surface area (Å²) in [7, 11) is 0. The van der Waals surface area contributed by atoms with Crippen molar-refractivity contribution in [2.24, 2.45) is 0 Å². The molecule has 0 bridgehead atoms. The van der Waals surface area contributed by atoms with E-state index in [1.807, 2.05) is 0 Å². The molecule has 0 radical (unpaired) electrons. The van der Waals surface area contributed by atoms with Crippen LogP contribution in [-0.4, -0.2) is 32.5 Å². The molecule has 2 saturated carbocycles. The summed E-state index contributed by atoms with van der Waals surface area (Å²) in [6, 6.07) is 3.26. The average Bonchev–Trinajstić information content (AvgIpc) is 2.90. The van der Waals surface area contributed by atoms with E-state index in [-0.39, 0.29) is 11.6 Å². The largest absolute Gasteiger partial charge is 0.386 e. The van der Waals surface area contributed by atoms with Gasteiger partial charge < -0.3 is 10.4 Å². The zero-order chi connectivity index (χ0) is 21.4. The minimum absolute atomic E-state index is 0.116. The van der Waals surface area contributed by atoms with Gasteiger partial charge in [0.05, 0.1) is 23.2 Å². The summed E-state index contributed by atoms with van der Waals surface area (Å²) in [5, 5.41) is 16.7. The number of fused-ring (bicyclic) bond motifs is 1. The molecule has 2 aromatic rings. The van der Waals surface area contributed by atoms with E-state index in [1.165, 1.54) is 10.7 Å². The second kappa shape index (κ2) is 5.93. The van der Waals surface area contributed by atoms with Crippen molar-refractivity contribution >= 4 is 11.4 Å². The van der Waals surface area contributed by atoms with Crippen LogP contribution in [0.25, 0.3) is 5.52 Å². The fourth-order valence-electron chi connectivity index (χ4n) is 4.33. The first-order valence-electron chi connectivity index (χ1n) is 9.60. The van der Waals surface area contributed by atoms with Crippen molar-refractivity contribution in [3.05, 3.63) is 35.2 Å². The highest BCUT2D eigenvalue weighted by molar-refractivity contribution is 5.75. The molecule has 5 nitrogen and oxygen atoms in total. The molecule has 2 heterocycles. The molecular formula is C20H23F4N3O2. The molecule has 1 amide bonds. The molecule has 4 rings (SSSR count). The van der Waals surface area contributed by atoms with Gasteiger partial charge in [-0.05, 0) is 50.3 Å². The van der Waals surface area contributed by atoms with Gasteiger partial charge in [0.15, 0.2) is 5.54 Å². The number of hydrogen-bond acceptors (Lipinski definition) is 3. The molecule has 2 fully saturated rings. The van der Waals surface area contributed by atoms with Crippen molar-refractivity contribution in [1.82, 2.24) is 14.9 Å². The van der Waals surface area contributed by atoms with Gasteiger partial charge in [-0.2, -0.15) is 22.7 Å². The molecule has 2 aliphatic rings. The minimum Gasteiger partial charge on any atom is -0.386 e. The topological polar surface area (TPSA) is 66.6 Å². The van der Waals surface area contributed by atoms with Gasteiger partial charge in [-0.15, -0.1) is 0 Å². The lowest BCUT2D eigenvalue weighted by atomic mass is 9.64. The predicted molar refractivity (Wildman–Crippen MR) is 97.0 cm³/mol. The lowest BCUT2D eigenvalue weighted by molar-refractivity contribution is -0.335. The lowest BCUT2D eigenvalue weighted by Crippen LogP contribution is -2.76. The van der Waals surface area contributed by atoms with Crippen LogP contribution in [0.2, 0.25) is 0 Å². The van der Waals surface area contributed by atoms with Crippen molar-refractivity contribution in [1.29, 1.82) is 0 Å². The van der Waals surface area contributed by atoms with Crippen molar-refractivity contribution in [3.8, 4) is 0 Å². The van der Waals surface area contributed by atoms with Crippen LogP contribution in [0.4, 0.5) is 17.6 Å². The van der Waals surface area contributed by atoms with Crippen LogP contribution in [0, 0.1) is 0 Å². The molecule has 0 aromatic carbocycles. The number of alkyl halides is 4. The first-order chi connectivity index (χ1) is 13.3. The predicted octanol–water partition coefficient (Wildman–Crippen LogP) is 3.83. The Labute approximate surface area is 165 Å². The summed E-state index contributed by atoms with van der Waals surface area (Å²) in [5.41, 5.74) is -2.45. The smallest absolute Gasteiger partial charge is 0.338 e. The zero-order valence-corrected chi connectivity index (χ0v) is 16.4. The number of halogens is 4. The van der Waals surface area contributed by atoms with E-state index in [0.717, 1.165) is 26.2 Å². The van der Waals surface area contributed by atoms with E-state index < -0.39 is 35.3 Å². The van der Waals surface area contributed by atoms with Crippen molar-refractivity contribution in [3.63, 3.8) is 0 Å². The highest BCUT2D eigenvalue weighted by atomic mass is 19.3. The molecule has 2 aromatic heterocycles. The number of hydrogen-bond donors (Lipinski definition) is 2. The van der Waals surface area contributed by atoms with E-state index in [1.54, 1.807) is 26.0 Å². The van der Waals surface area contributed by atoms with Crippen LogP contribution in [0.15, 0.2) is 18.3 Å². The quantitative estimate of drug-likeness (QED) is 0.749. The number of carbonyl (C=O) groups is 1. The van der Waals surface area contributed by atoms with Crippen molar-refractivity contribution in [2.45, 2.75) is 75.4 Å². The molecule has 0 saturated heterocycles. The summed E-state index contributed by atoms with van der Waals surface area (Å²) in [4.78, 5) is 11.7. The van der Waals surface area contributed by atoms with Crippen LogP contribution in [0.5, 0.6) is 0 Å². The third-order valence-electron chi connectivity index (χ3n) is 6.17. The van der Waals surface area contributed by atoms with Crippen molar-refractivity contribution < 1.29 is 27.5 Å². The Bertz CT molecular complexity index is 992. The number of carbonyl (C=O) groups excluding carboxylic acids is 1. The van der Waals surface area contributed by atoms with Gasteiger partial charge in [0.25, 0.3) is 0 Å². The molecular weight excluding hydrogens is 390 g/mol. The number of nitrogens with one attached hydrogen (secondary N) is 1. The van der Waals surface area contributed by atoms with Gasteiger partial charge in [0.1, 0.15) is 0 Å². The summed E-state index contributed by atoms with van der Waals surface area (Å²) in [6.45, 7) is 4.22. The van der Waals surface area contributed by atoms with Gasteiger partial charge in [-0.1, -0.05) is 6.42 Å². The number of aromatic nitrogens is 2. The van der Waals surface area contributed by atoms with E-state index in [0.29, 0.717) is 16.6 Å². The molecule has 0 unspecified atom stereocenters. The van der Waals surface area contributed by atoms with Gasteiger partial charge in [0.2, 0.25) is 5.91 Å². The van der Waals surface area contributed by atoms with Gasteiger partial charge in [-0.3, -0.25) is 4.79 Å². The van der Waals surface area contributed by atoms with Gasteiger partial charge in [-0.25, -0.2) is 4.52 Å². The maximum Gasteiger partial charge on any atom is 0.338 e. The fraction of sp³-hybridized carbons (Fsp3) is 0.600. The van der Waals surface area contributed by atoms with E-state index in [2.05, 4.69) is 10.4 Å². The van der Waals surface area contributed by atoms with Crippen LogP contribution >= 0.6 is 0 Å². The normalized spacial score (nSPS) is 26.1. The maximum absolute atomic E-state index is 14.8. The van der Waals surface area contributed by atoms with E-state index in [4.69, 9.17) is 0 Å². The monoisotopic (exact) mass is 413 g/mol. The summed E-state index contributed by atoms with van der Waals surface area (Å²) < 4.78 is 58.7. The Morgan fingerprint density at radius 3 is 2.41 bits per heavy atom. The first kappa shape index (κ1) is 20.1. The molecule has 0 spiro atoms. The third kappa shape index (κ3) is 2.69. The van der Waals surface area contributed by atoms with E-state index in [9.17, 15) is 27.5 Å². The zero-order valence-electron chi connectivity index (χ0n) is 16.4. The average molecular weight is 413 g/mol. The summed E-state index contributed by atoms with van der Waals surface area (Å²) in [5.74, 6) is -9.65. The minimum atomic E-state index is -4.47. The Hall–Kier alpha value is -2.16. The van der Waals surface area contributed by atoms with Crippen LogP contribution in [-0.2, 0) is 15.9 Å². The number of aliphatic hydroxyl groups is 1. The molecule has 29 heavy (non-hydrogen) atoms. The fourth-order valence-corrected chi connectivity index (χ4v) is 4.33. The number of pyridine rings is 1. The third-order valence-corrected chi connectivity index (χ3v) is 6.17. The number of nitrogens with zero attached hydrogens (tertiary/aromatic N) is 2. The molecule has 0 aliphatic heterocycles. The standard InChI is InChI=1S/C20H23F4N3O2/c1-11(28)25-18(10-19(21,22)20(18,23)24)16-15(12-5-4-6-12)14-9-13(17(2,3)29)7-8-27(14)26-16/h7-9,12,29H,4-6,10H2,1-3H3,(H,25,28)/t18-/m0/s1. The second-order valence-corrected chi connectivity index (χ2v) is 8.74. The maximum atomic E-state index is 14.8. The Morgan fingerprint density at radius 2 is 1.97 bits per heavy atom. The van der Waals surface area contributed by atoms with Gasteiger partial charge >= 0.3 is 11.8 Å². The molecule has 2 aliphatic carbocycles. The highest BCUT2D eigenvalue weighted by Gasteiger charge is 2.83. The van der Waals surface area contributed by atoms with Crippen LogP contribution < -0.4 is 5.32 Å². The Balaban J connectivity index is 1.98. The number of rotatable bonds is 4. The van der Waals surface area contributed by atoms with Crippen LogP contribution in [0.1, 0.15) is 69.2 Å². The molecule has 1 atom stereocenters. The van der Waals surface area contributed by atoms with E-state index >= 15 is 0 Å². The second-order valence-electron chi connectivity index (χ2n) is 8.74. The number of amides is 1. The highest BCUT2D eigenvalue weighted by Crippen LogP contribution is 2.63. The molecule has 2 N–H and O–H groups in total. The van der Waals surface area contributed by atoms with Crippen LogP contribution in [0.3, 0.4) is 0 Å². The Kier molecular flexibility index (Phi) is 4.12. The molecule has 9 heteroatoms. The SMILES string of the molecule is CC(=O)N[C@]1(c2nn3ccc(C(C)(C)O)cc3c2C2CCC2)CC(F)(F)C1(F)F. The lowest BCUT2D eigenvalue weighted by Gasteiger charge is -2.53. The first-order valence-corrected chi connectivity index (χ1v) is 9.60. The Morgan fingerprint density at radius 1 is 1.31 bits per heavy atom. The van der Waals surface area contributed by atoms with Gasteiger partial charge in [0, 0.05) is 18.7 Å².